The Morgan fingerprint density at radius 3 is 2.68 bits per heavy atom. The fourth-order valence-electron chi connectivity index (χ4n) is 3.14. The Morgan fingerprint density at radius 2 is 2.16 bits per heavy atom. The van der Waals surface area contributed by atoms with Gasteiger partial charge in [0.25, 0.3) is 0 Å². The Bertz CT molecular complexity index is 388. The Labute approximate surface area is 124 Å². The molecule has 2 rings (SSSR count). The van der Waals surface area contributed by atoms with E-state index in [1.54, 1.807) is 0 Å². The standard InChI is InChI=1S/C15H23BrN2O/c1-3-19-15(8-4-5-9-15)14(17-2)10-13-7-6-12(16)11-18-13/h6-7,11,14,17H,3-5,8-10H2,1-2H3. The second-order valence-electron chi connectivity index (χ2n) is 5.22. The number of aromatic nitrogens is 1. The van der Waals surface area contributed by atoms with Crippen LogP contribution >= 0.6 is 15.9 Å². The van der Waals surface area contributed by atoms with Crippen LogP contribution < -0.4 is 5.32 Å². The largest absolute Gasteiger partial charge is 0.374 e. The van der Waals surface area contributed by atoms with E-state index in [0.717, 1.165) is 36.0 Å². The first-order valence-electron chi connectivity index (χ1n) is 7.12. The maximum atomic E-state index is 6.14. The van der Waals surface area contributed by atoms with E-state index in [0.29, 0.717) is 6.04 Å². The van der Waals surface area contributed by atoms with Gasteiger partial charge in [0.15, 0.2) is 0 Å². The minimum absolute atomic E-state index is 0.00173. The number of hydrogen-bond acceptors (Lipinski definition) is 3. The average molecular weight is 327 g/mol. The monoisotopic (exact) mass is 326 g/mol. The van der Waals surface area contributed by atoms with Crippen molar-refractivity contribution in [2.24, 2.45) is 0 Å². The van der Waals surface area contributed by atoms with E-state index < -0.39 is 0 Å². The minimum atomic E-state index is -0.00173. The molecule has 1 N–H and O–H groups in total. The van der Waals surface area contributed by atoms with Crippen molar-refractivity contribution in [3.63, 3.8) is 0 Å². The summed E-state index contributed by atoms with van der Waals surface area (Å²) in [6, 6.07) is 4.48. The fourth-order valence-corrected chi connectivity index (χ4v) is 3.38. The van der Waals surface area contributed by atoms with Gasteiger partial charge in [-0.05, 0) is 54.9 Å². The summed E-state index contributed by atoms with van der Waals surface area (Å²) < 4.78 is 7.17. The van der Waals surface area contributed by atoms with E-state index in [2.05, 4.69) is 45.3 Å². The summed E-state index contributed by atoms with van der Waals surface area (Å²) in [4.78, 5) is 4.49. The van der Waals surface area contributed by atoms with Crippen molar-refractivity contribution in [2.45, 2.75) is 50.7 Å². The second kappa shape index (κ2) is 6.82. The van der Waals surface area contributed by atoms with Crippen molar-refractivity contribution in [1.29, 1.82) is 0 Å². The van der Waals surface area contributed by atoms with Crippen LogP contribution in [0.15, 0.2) is 22.8 Å². The fraction of sp³-hybridized carbons (Fsp3) is 0.667. The van der Waals surface area contributed by atoms with E-state index >= 15 is 0 Å². The molecule has 4 heteroatoms. The molecule has 0 aromatic carbocycles. The van der Waals surface area contributed by atoms with Crippen molar-refractivity contribution >= 4 is 15.9 Å². The first-order valence-corrected chi connectivity index (χ1v) is 7.91. The minimum Gasteiger partial charge on any atom is -0.374 e. The highest BCUT2D eigenvalue weighted by molar-refractivity contribution is 9.10. The van der Waals surface area contributed by atoms with Gasteiger partial charge >= 0.3 is 0 Å². The van der Waals surface area contributed by atoms with Gasteiger partial charge in [-0.15, -0.1) is 0 Å². The molecule has 106 valence electrons. The normalized spacial score (nSPS) is 19.5. The van der Waals surface area contributed by atoms with Gasteiger partial charge in [0, 0.05) is 35.4 Å². The maximum Gasteiger partial charge on any atom is 0.0838 e. The zero-order chi connectivity index (χ0) is 13.7. The highest BCUT2D eigenvalue weighted by atomic mass is 79.9. The molecule has 1 heterocycles. The van der Waals surface area contributed by atoms with Crippen molar-refractivity contribution < 1.29 is 4.74 Å². The number of hydrogen-bond donors (Lipinski definition) is 1. The molecule has 0 saturated heterocycles. The topological polar surface area (TPSA) is 34.1 Å². The Kier molecular flexibility index (Phi) is 5.37. The third-order valence-electron chi connectivity index (χ3n) is 4.07. The van der Waals surface area contributed by atoms with Gasteiger partial charge in [0.05, 0.1) is 5.60 Å². The molecule has 0 spiro atoms. The molecule has 3 nitrogen and oxygen atoms in total. The SMILES string of the molecule is CCOC1(C(Cc2ccc(Br)cn2)NC)CCCC1. The van der Waals surface area contributed by atoms with Gasteiger partial charge in [0.2, 0.25) is 0 Å². The van der Waals surface area contributed by atoms with Crippen LogP contribution in [0.3, 0.4) is 0 Å². The average Bonchev–Trinajstić information content (AvgIpc) is 2.88. The van der Waals surface area contributed by atoms with E-state index in [1.807, 2.05) is 13.2 Å². The number of nitrogens with zero attached hydrogens (tertiary/aromatic N) is 1. The summed E-state index contributed by atoms with van der Waals surface area (Å²) in [5.74, 6) is 0. The summed E-state index contributed by atoms with van der Waals surface area (Å²) in [6.45, 7) is 2.87. The highest BCUT2D eigenvalue weighted by Gasteiger charge is 2.41. The van der Waals surface area contributed by atoms with Gasteiger partial charge in [-0.1, -0.05) is 12.8 Å². The third-order valence-corrected chi connectivity index (χ3v) is 4.54. The van der Waals surface area contributed by atoms with Crippen LogP contribution in [-0.4, -0.2) is 30.3 Å². The molecule has 1 aliphatic carbocycles. The second-order valence-corrected chi connectivity index (χ2v) is 6.13. The van der Waals surface area contributed by atoms with Crippen molar-refractivity contribution in [2.75, 3.05) is 13.7 Å². The van der Waals surface area contributed by atoms with Crippen LogP contribution in [0.5, 0.6) is 0 Å². The lowest BCUT2D eigenvalue weighted by atomic mass is 9.88. The molecule has 0 radical (unpaired) electrons. The summed E-state index contributed by atoms with van der Waals surface area (Å²) in [6.07, 6.45) is 7.64. The van der Waals surface area contributed by atoms with Crippen LogP contribution in [0.25, 0.3) is 0 Å². The number of likely N-dealkylation sites (N-methyl/N-ethyl adjacent to an activating group) is 1. The number of halogens is 1. The number of rotatable bonds is 6. The Morgan fingerprint density at radius 1 is 1.42 bits per heavy atom. The van der Waals surface area contributed by atoms with Gasteiger partial charge in [-0.2, -0.15) is 0 Å². The Balaban J connectivity index is 2.11. The molecular weight excluding hydrogens is 304 g/mol. The number of pyridine rings is 1. The van der Waals surface area contributed by atoms with Crippen molar-refractivity contribution in [3.05, 3.63) is 28.5 Å². The quantitative estimate of drug-likeness (QED) is 0.870. The molecule has 0 amide bonds. The zero-order valence-electron chi connectivity index (χ0n) is 11.8. The molecule has 19 heavy (non-hydrogen) atoms. The van der Waals surface area contributed by atoms with Crippen molar-refractivity contribution in [1.82, 2.24) is 10.3 Å². The van der Waals surface area contributed by atoms with Gasteiger partial charge in [0.1, 0.15) is 0 Å². The van der Waals surface area contributed by atoms with Crippen LogP contribution in [0.1, 0.15) is 38.3 Å². The summed E-state index contributed by atoms with van der Waals surface area (Å²) in [5, 5.41) is 3.46. The predicted octanol–water partition coefficient (Wildman–Crippen LogP) is 3.32. The molecule has 1 aliphatic rings. The van der Waals surface area contributed by atoms with Crippen LogP contribution in [0, 0.1) is 0 Å². The predicted molar refractivity (Wildman–Crippen MR) is 81.3 cm³/mol. The van der Waals surface area contributed by atoms with E-state index in [9.17, 15) is 0 Å². The molecule has 1 unspecified atom stereocenters. The molecule has 1 aromatic rings. The molecule has 1 saturated carbocycles. The lowest BCUT2D eigenvalue weighted by Gasteiger charge is -2.37. The number of nitrogens with one attached hydrogen (secondary N) is 1. The molecule has 1 atom stereocenters. The van der Waals surface area contributed by atoms with Crippen molar-refractivity contribution in [3.8, 4) is 0 Å². The third kappa shape index (κ3) is 3.56. The highest BCUT2D eigenvalue weighted by Crippen LogP contribution is 2.37. The smallest absolute Gasteiger partial charge is 0.0838 e. The lowest BCUT2D eigenvalue weighted by molar-refractivity contribution is -0.0598. The number of ether oxygens (including phenoxy) is 1. The van der Waals surface area contributed by atoms with Crippen LogP contribution in [0.2, 0.25) is 0 Å². The first kappa shape index (κ1) is 14.9. The molecular formula is C15H23BrN2O. The molecule has 0 bridgehead atoms. The van der Waals surface area contributed by atoms with Gasteiger partial charge in [-0.3, -0.25) is 4.98 Å². The molecule has 0 aliphatic heterocycles. The van der Waals surface area contributed by atoms with Gasteiger partial charge < -0.3 is 10.1 Å². The summed E-state index contributed by atoms with van der Waals surface area (Å²) >= 11 is 3.43. The maximum absolute atomic E-state index is 6.14. The Hall–Kier alpha value is -0.450. The first-order chi connectivity index (χ1) is 9.20. The zero-order valence-corrected chi connectivity index (χ0v) is 13.4. The van der Waals surface area contributed by atoms with Crippen LogP contribution in [-0.2, 0) is 11.2 Å². The summed E-state index contributed by atoms with van der Waals surface area (Å²) in [5.41, 5.74) is 1.12. The van der Waals surface area contributed by atoms with Crippen LogP contribution in [0.4, 0.5) is 0 Å². The van der Waals surface area contributed by atoms with E-state index in [-0.39, 0.29) is 5.60 Å². The van der Waals surface area contributed by atoms with Gasteiger partial charge in [-0.25, -0.2) is 0 Å². The lowest BCUT2D eigenvalue weighted by Crippen LogP contribution is -2.51. The molecule has 1 fully saturated rings. The molecule has 1 aromatic heterocycles. The van der Waals surface area contributed by atoms with E-state index in [1.165, 1.54) is 12.8 Å². The summed E-state index contributed by atoms with van der Waals surface area (Å²) in [7, 11) is 2.03. The van der Waals surface area contributed by atoms with E-state index in [4.69, 9.17) is 4.74 Å².